The summed E-state index contributed by atoms with van der Waals surface area (Å²) in [6.07, 6.45) is 5.12. The van der Waals surface area contributed by atoms with Crippen molar-refractivity contribution in [3.8, 4) is 16.9 Å². The van der Waals surface area contributed by atoms with Gasteiger partial charge in [-0.2, -0.15) is 0 Å². The number of aromatic nitrogens is 2. The highest BCUT2D eigenvalue weighted by molar-refractivity contribution is 6.34. The highest BCUT2D eigenvalue weighted by atomic mass is 35.5. The lowest BCUT2D eigenvalue weighted by Gasteiger charge is -2.35. The van der Waals surface area contributed by atoms with E-state index in [1.807, 2.05) is 11.8 Å². The Kier molecular flexibility index (Phi) is 10.9. The molecule has 0 saturated carbocycles. The molecule has 0 N–H and O–H groups in total. The van der Waals surface area contributed by atoms with Gasteiger partial charge in [-0.15, -0.1) is 0 Å². The van der Waals surface area contributed by atoms with Gasteiger partial charge in [0.25, 0.3) is 0 Å². The summed E-state index contributed by atoms with van der Waals surface area (Å²) >= 11 is 6.63. The van der Waals surface area contributed by atoms with Crippen molar-refractivity contribution in [2.24, 2.45) is 0 Å². The highest BCUT2D eigenvalue weighted by Crippen LogP contribution is 2.42. The summed E-state index contributed by atoms with van der Waals surface area (Å²) in [5, 5.41) is 1.63. The number of carbonyl (C=O) groups is 2. The van der Waals surface area contributed by atoms with Crippen LogP contribution in [0.5, 0.6) is 5.75 Å². The fourth-order valence-corrected chi connectivity index (χ4v) is 5.32. The summed E-state index contributed by atoms with van der Waals surface area (Å²) in [4.78, 5) is 41.1. The van der Waals surface area contributed by atoms with Gasteiger partial charge >= 0.3 is 0 Å². The highest BCUT2D eigenvalue weighted by Gasteiger charge is 2.26. The lowest BCUT2D eigenvalue weighted by Crippen LogP contribution is -2.48. The average Bonchev–Trinajstić information content (AvgIpc) is 3.00. The predicted octanol–water partition coefficient (Wildman–Crippen LogP) is 5.64. The topological polar surface area (TPSA) is 88.1 Å². The summed E-state index contributed by atoms with van der Waals surface area (Å²) in [6, 6.07) is 5.88. The van der Waals surface area contributed by atoms with E-state index in [1.165, 1.54) is 30.6 Å². The molecule has 1 fully saturated rings. The quantitative estimate of drug-likeness (QED) is 0.196. The summed E-state index contributed by atoms with van der Waals surface area (Å²) in [7, 11) is 3.02. The van der Waals surface area contributed by atoms with Crippen LogP contribution in [0.4, 0.5) is 14.6 Å². The zero-order valence-electron chi connectivity index (χ0n) is 24.2. The molecule has 4 rings (SSSR count). The molecule has 1 aromatic heterocycles. The van der Waals surface area contributed by atoms with E-state index in [0.717, 1.165) is 12.8 Å². The van der Waals surface area contributed by atoms with E-state index in [-0.39, 0.29) is 45.8 Å². The number of anilines is 1. The smallest absolute Gasteiger partial charge is 0.245 e. The van der Waals surface area contributed by atoms with Gasteiger partial charge in [-0.3, -0.25) is 14.4 Å². The molecule has 0 spiro atoms. The summed E-state index contributed by atoms with van der Waals surface area (Å²) in [5.74, 6) is -0.738. The Morgan fingerprint density at radius 1 is 1.05 bits per heavy atom. The van der Waals surface area contributed by atoms with Gasteiger partial charge in [0.1, 0.15) is 29.2 Å². The number of hydrogen-bond donors (Lipinski definition) is 0. The van der Waals surface area contributed by atoms with Gasteiger partial charge in [-0.05, 0) is 31.0 Å². The van der Waals surface area contributed by atoms with Crippen molar-refractivity contribution in [2.45, 2.75) is 45.4 Å². The molecule has 2 heterocycles. The summed E-state index contributed by atoms with van der Waals surface area (Å²) < 4.78 is 37.2. The maximum absolute atomic E-state index is 16.1. The second kappa shape index (κ2) is 14.6. The van der Waals surface area contributed by atoms with Gasteiger partial charge in [0.2, 0.25) is 11.8 Å². The van der Waals surface area contributed by atoms with Crippen LogP contribution in [0.3, 0.4) is 0 Å². The second-order valence-electron chi connectivity index (χ2n) is 10.1. The zero-order chi connectivity index (χ0) is 30.2. The van der Waals surface area contributed by atoms with Gasteiger partial charge in [-0.1, -0.05) is 37.4 Å². The lowest BCUT2D eigenvalue weighted by atomic mass is 10.0. The largest absolute Gasteiger partial charge is 0.493 e. The van der Waals surface area contributed by atoms with E-state index in [0.29, 0.717) is 63.1 Å². The van der Waals surface area contributed by atoms with Crippen LogP contribution in [0.1, 0.15) is 45.4 Å². The zero-order valence-corrected chi connectivity index (χ0v) is 24.9. The number of ether oxygens (including phenoxy) is 1. The molecule has 3 aromatic rings. The SMILES string of the molecule is CCC(=O)N1CCN(c2ncnc3c(F)c(-c4c(F)cccc4OCCCCCCC(=O)N(C)OC)c(Cl)cc23)CC1. The van der Waals surface area contributed by atoms with Gasteiger partial charge < -0.3 is 14.5 Å². The van der Waals surface area contributed by atoms with Gasteiger partial charge in [-0.25, -0.2) is 23.8 Å². The molecule has 0 atom stereocenters. The molecule has 0 unspecified atom stereocenters. The molecule has 2 aromatic carbocycles. The van der Waals surface area contributed by atoms with Crippen molar-refractivity contribution in [2.75, 3.05) is 51.8 Å². The van der Waals surface area contributed by atoms with Crippen LogP contribution in [0.2, 0.25) is 5.02 Å². The number of hydroxylamine groups is 2. The van der Waals surface area contributed by atoms with Crippen LogP contribution in [-0.4, -0.2) is 78.7 Å². The van der Waals surface area contributed by atoms with E-state index in [4.69, 9.17) is 21.2 Å². The van der Waals surface area contributed by atoms with Crippen molar-refractivity contribution in [1.29, 1.82) is 0 Å². The van der Waals surface area contributed by atoms with Crippen LogP contribution in [0.25, 0.3) is 22.0 Å². The minimum absolute atomic E-state index is 0.0106. The monoisotopic (exact) mass is 603 g/mol. The Bertz CT molecular complexity index is 1420. The molecular weight excluding hydrogens is 568 g/mol. The Hall–Kier alpha value is -3.57. The van der Waals surface area contributed by atoms with E-state index in [9.17, 15) is 9.59 Å². The maximum atomic E-state index is 16.1. The first-order chi connectivity index (χ1) is 20.3. The van der Waals surface area contributed by atoms with Crippen LogP contribution < -0.4 is 9.64 Å². The van der Waals surface area contributed by atoms with Crippen molar-refractivity contribution in [3.05, 3.63) is 47.2 Å². The molecule has 12 heteroatoms. The molecule has 1 saturated heterocycles. The molecule has 0 radical (unpaired) electrons. The Morgan fingerprint density at radius 2 is 1.79 bits per heavy atom. The molecule has 0 bridgehead atoms. The molecule has 1 aliphatic rings. The van der Waals surface area contributed by atoms with Gasteiger partial charge in [0.05, 0.1) is 24.3 Å². The lowest BCUT2D eigenvalue weighted by molar-refractivity contribution is -0.168. The molecule has 226 valence electrons. The van der Waals surface area contributed by atoms with E-state index >= 15 is 8.78 Å². The number of benzene rings is 2. The molecular formula is C30H36ClF2N5O4. The Morgan fingerprint density at radius 3 is 2.50 bits per heavy atom. The summed E-state index contributed by atoms with van der Waals surface area (Å²) in [6.45, 7) is 4.25. The number of hydrogen-bond acceptors (Lipinski definition) is 7. The first kappa shape index (κ1) is 31.4. The number of unbranched alkanes of at least 4 members (excludes halogenated alkanes) is 3. The number of amides is 2. The number of nitrogens with zero attached hydrogens (tertiary/aromatic N) is 5. The Balaban J connectivity index is 1.50. The third kappa shape index (κ3) is 7.07. The molecule has 0 aliphatic carbocycles. The van der Waals surface area contributed by atoms with E-state index in [2.05, 4.69) is 9.97 Å². The van der Waals surface area contributed by atoms with E-state index in [1.54, 1.807) is 24.1 Å². The van der Waals surface area contributed by atoms with Gasteiger partial charge in [0, 0.05) is 57.0 Å². The van der Waals surface area contributed by atoms with Crippen molar-refractivity contribution >= 4 is 40.1 Å². The maximum Gasteiger partial charge on any atom is 0.245 e. The van der Waals surface area contributed by atoms with Crippen LogP contribution in [0, 0.1) is 11.6 Å². The minimum atomic E-state index is -0.762. The normalized spacial score (nSPS) is 13.5. The van der Waals surface area contributed by atoms with Crippen molar-refractivity contribution in [3.63, 3.8) is 0 Å². The molecule has 2 amide bonds. The molecule has 1 aliphatic heterocycles. The number of rotatable bonds is 12. The standard InChI is InChI=1S/C30H36ClF2N5O4/c1-4-24(39)37-13-15-38(16-14-37)30-20-18-21(31)26(28(33)29(20)34-19-35-30)27-22(32)10-9-11-23(27)42-17-8-6-5-7-12-25(40)36(2)41-3/h9-11,18-19H,4-8,12-17H2,1-3H3. The third-order valence-electron chi connectivity index (χ3n) is 7.43. The average molecular weight is 604 g/mol. The predicted molar refractivity (Wildman–Crippen MR) is 157 cm³/mol. The number of piperazine rings is 1. The van der Waals surface area contributed by atoms with E-state index < -0.39 is 11.6 Å². The third-order valence-corrected chi connectivity index (χ3v) is 7.73. The fourth-order valence-electron chi connectivity index (χ4n) is 5.03. The fraction of sp³-hybridized carbons (Fsp3) is 0.467. The van der Waals surface area contributed by atoms with Crippen molar-refractivity contribution < 1.29 is 27.9 Å². The van der Waals surface area contributed by atoms with Crippen LogP contribution >= 0.6 is 11.6 Å². The number of carbonyl (C=O) groups excluding carboxylic acids is 2. The number of halogens is 3. The van der Waals surface area contributed by atoms with Gasteiger partial charge in [0.15, 0.2) is 5.82 Å². The first-order valence-corrected chi connectivity index (χ1v) is 14.5. The minimum Gasteiger partial charge on any atom is -0.493 e. The molecule has 9 nitrogen and oxygen atoms in total. The van der Waals surface area contributed by atoms with Crippen molar-refractivity contribution in [1.82, 2.24) is 19.9 Å². The first-order valence-electron chi connectivity index (χ1n) is 14.1. The van der Waals surface area contributed by atoms with Crippen LogP contribution in [-0.2, 0) is 14.4 Å². The number of fused-ring (bicyclic) bond motifs is 1. The van der Waals surface area contributed by atoms with Crippen LogP contribution in [0.15, 0.2) is 30.6 Å². The summed E-state index contributed by atoms with van der Waals surface area (Å²) in [5.41, 5.74) is -0.169. The molecule has 42 heavy (non-hydrogen) atoms. The Labute approximate surface area is 249 Å². The second-order valence-corrected chi connectivity index (χ2v) is 10.5.